The molecule has 212 valence electrons. The van der Waals surface area contributed by atoms with E-state index in [0.717, 1.165) is 35.4 Å². The SMILES string of the molecule is COc1ccc(N(C)S(C)(=O)=O)c(Cn2ccc3cnc(Nc4ccc(N5CCC(N(C)C)CC5)cc4)nc32)c1. The summed E-state index contributed by atoms with van der Waals surface area (Å²) in [6.07, 6.45) is 7.25. The fraction of sp³-hybridized carbons (Fsp3) is 0.379. The van der Waals surface area contributed by atoms with E-state index in [1.54, 1.807) is 32.5 Å². The number of hydrogen-bond acceptors (Lipinski definition) is 8. The number of fused-ring (bicyclic) bond motifs is 1. The molecular formula is C29H37N7O3S. The minimum absolute atomic E-state index is 0.408. The molecule has 3 heterocycles. The molecule has 40 heavy (non-hydrogen) atoms. The number of aromatic nitrogens is 3. The van der Waals surface area contributed by atoms with E-state index in [1.807, 2.05) is 22.9 Å². The number of nitrogens with one attached hydrogen (secondary N) is 1. The molecule has 10 nitrogen and oxygen atoms in total. The van der Waals surface area contributed by atoms with Crippen LogP contribution in [-0.4, -0.2) is 81.5 Å². The van der Waals surface area contributed by atoms with Crippen LogP contribution in [0.15, 0.2) is 60.9 Å². The van der Waals surface area contributed by atoms with Gasteiger partial charge >= 0.3 is 0 Å². The van der Waals surface area contributed by atoms with Gasteiger partial charge in [0.25, 0.3) is 0 Å². The minimum Gasteiger partial charge on any atom is -0.497 e. The Morgan fingerprint density at radius 3 is 2.42 bits per heavy atom. The molecule has 1 saturated heterocycles. The van der Waals surface area contributed by atoms with Crippen LogP contribution in [0.2, 0.25) is 0 Å². The predicted molar refractivity (Wildman–Crippen MR) is 162 cm³/mol. The first-order valence-corrected chi connectivity index (χ1v) is 15.2. The van der Waals surface area contributed by atoms with Crippen LogP contribution in [0.25, 0.3) is 11.0 Å². The monoisotopic (exact) mass is 563 g/mol. The molecule has 0 spiro atoms. The molecule has 1 aliphatic rings. The van der Waals surface area contributed by atoms with E-state index in [2.05, 4.69) is 58.5 Å². The maximum absolute atomic E-state index is 12.3. The van der Waals surface area contributed by atoms with Crippen molar-refractivity contribution in [1.29, 1.82) is 0 Å². The van der Waals surface area contributed by atoms with Gasteiger partial charge in [-0.3, -0.25) is 4.31 Å². The largest absolute Gasteiger partial charge is 0.497 e. The van der Waals surface area contributed by atoms with Crippen molar-refractivity contribution in [3.8, 4) is 5.75 Å². The van der Waals surface area contributed by atoms with Gasteiger partial charge in [0.05, 0.1) is 25.6 Å². The Morgan fingerprint density at radius 2 is 1.77 bits per heavy atom. The fourth-order valence-corrected chi connectivity index (χ4v) is 5.70. The van der Waals surface area contributed by atoms with Crippen molar-refractivity contribution in [2.24, 2.45) is 0 Å². The number of ether oxygens (including phenoxy) is 1. The second kappa shape index (κ2) is 11.3. The number of benzene rings is 2. The zero-order valence-corrected chi connectivity index (χ0v) is 24.5. The Morgan fingerprint density at radius 1 is 1.05 bits per heavy atom. The maximum atomic E-state index is 12.3. The number of hydrogen-bond donors (Lipinski definition) is 1. The summed E-state index contributed by atoms with van der Waals surface area (Å²) in [5.74, 6) is 1.14. The Balaban J connectivity index is 1.35. The van der Waals surface area contributed by atoms with Gasteiger partial charge in [-0.25, -0.2) is 13.4 Å². The van der Waals surface area contributed by atoms with Gasteiger partial charge in [-0.1, -0.05) is 0 Å². The highest BCUT2D eigenvalue weighted by atomic mass is 32.2. The number of methoxy groups -OCH3 is 1. The first-order chi connectivity index (χ1) is 19.1. The van der Waals surface area contributed by atoms with E-state index in [-0.39, 0.29) is 0 Å². The lowest BCUT2D eigenvalue weighted by atomic mass is 10.0. The number of nitrogens with zero attached hydrogens (tertiary/aromatic N) is 6. The molecule has 2 aromatic heterocycles. The summed E-state index contributed by atoms with van der Waals surface area (Å²) in [5.41, 5.74) is 4.26. The third kappa shape index (κ3) is 6.00. The van der Waals surface area contributed by atoms with Crippen molar-refractivity contribution in [3.05, 3.63) is 66.5 Å². The van der Waals surface area contributed by atoms with E-state index in [1.165, 1.54) is 29.1 Å². The third-order valence-corrected chi connectivity index (χ3v) is 8.84. The fourth-order valence-electron chi connectivity index (χ4n) is 5.17. The average molecular weight is 564 g/mol. The first-order valence-electron chi connectivity index (χ1n) is 13.3. The number of rotatable bonds is 9. The van der Waals surface area contributed by atoms with E-state index in [9.17, 15) is 8.42 Å². The smallest absolute Gasteiger partial charge is 0.232 e. The molecule has 0 bridgehead atoms. The third-order valence-electron chi connectivity index (χ3n) is 7.65. The van der Waals surface area contributed by atoms with E-state index < -0.39 is 10.0 Å². The molecule has 0 amide bonds. The molecule has 1 N–H and O–H groups in total. The van der Waals surface area contributed by atoms with Crippen LogP contribution in [-0.2, 0) is 16.6 Å². The van der Waals surface area contributed by atoms with E-state index in [0.29, 0.717) is 30.0 Å². The topological polar surface area (TPSA) is 95.8 Å². The van der Waals surface area contributed by atoms with Gasteiger partial charge in [0.15, 0.2) is 0 Å². The average Bonchev–Trinajstić information content (AvgIpc) is 3.34. The molecule has 0 aliphatic carbocycles. The maximum Gasteiger partial charge on any atom is 0.232 e. The molecule has 2 aromatic carbocycles. The van der Waals surface area contributed by atoms with Crippen LogP contribution in [0.1, 0.15) is 18.4 Å². The first kappa shape index (κ1) is 27.7. The Hall–Kier alpha value is -3.83. The van der Waals surface area contributed by atoms with Gasteiger partial charge in [0, 0.05) is 55.3 Å². The summed E-state index contributed by atoms with van der Waals surface area (Å²) in [7, 11) is 4.02. The van der Waals surface area contributed by atoms with Crippen molar-refractivity contribution in [2.45, 2.75) is 25.4 Å². The van der Waals surface area contributed by atoms with Crippen LogP contribution in [0, 0.1) is 0 Å². The molecule has 0 saturated carbocycles. The number of piperidine rings is 1. The van der Waals surface area contributed by atoms with Gasteiger partial charge in [0.2, 0.25) is 16.0 Å². The summed E-state index contributed by atoms with van der Waals surface area (Å²) >= 11 is 0. The minimum atomic E-state index is -3.43. The number of anilines is 4. The van der Waals surface area contributed by atoms with Crippen LogP contribution in [0.5, 0.6) is 5.75 Å². The second-order valence-electron chi connectivity index (χ2n) is 10.5. The second-order valence-corrected chi connectivity index (χ2v) is 12.5. The lowest BCUT2D eigenvalue weighted by molar-refractivity contribution is 0.249. The molecule has 0 radical (unpaired) electrons. The molecule has 0 atom stereocenters. The quantitative estimate of drug-likeness (QED) is 0.324. The van der Waals surface area contributed by atoms with Gasteiger partial charge in [-0.05, 0) is 81.0 Å². The van der Waals surface area contributed by atoms with Crippen LogP contribution in [0.3, 0.4) is 0 Å². The zero-order chi connectivity index (χ0) is 28.4. The summed E-state index contributed by atoms with van der Waals surface area (Å²) in [5, 5.41) is 4.22. The molecule has 1 fully saturated rings. The number of sulfonamides is 1. The molecule has 11 heteroatoms. The van der Waals surface area contributed by atoms with Crippen LogP contribution < -0.4 is 19.3 Å². The van der Waals surface area contributed by atoms with Crippen LogP contribution >= 0.6 is 0 Å². The highest BCUT2D eigenvalue weighted by Gasteiger charge is 2.21. The normalized spacial score (nSPS) is 14.6. The Bertz CT molecular complexity index is 1580. The van der Waals surface area contributed by atoms with Gasteiger partial charge in [-0.2, -0.15) is 4.98 Å². The van der Waals surface area contributed by atoms with Gasteiger partial charge in [0.1, 0.15) is 11.4 Å². The van der Waals surface area contributed by atoms with E-state index >= 15 is 0 Å². The highest BCUT2D eigenvalue weighted by Crippen LogP contribution is 2.29. The molecule has 5 rings (SSSR count). The van der Waals surface area contributed by atoms with Crippen molar-refractivity contribution in [1.82, 2.24) is 19.4 Å². The van der Waals surface area contributed by atoms with Crippen molar-refractivity contribution < 1.29 is 13.2 Å². The highest BCUT2D eigenvalue weighted by molar-refractivity contribution is 7.92. The van der Waals surface area contributed by atoms with Crippen molar-refractivity contribution in [3.63, 3.8) is 0 Å². The standard InChI is InChI=1S/C29H37N7O3S/c1-33(2)24-13-16-35(17-14-24)25-8-6-23(7-9-25)31-29-30-19-21-12-15-36(28(21)32-29)20-22-18-26(39-4)10-11-27(22)34(3)40(5,37)38/h6-12,15,18-19,24H,13-14,16-17,20H2,1-5H3,(H,30,31,32). The van der Waals surface area contributed by atoms with E-state index in [4.69, 9.17) is 9.72 Å². The summed E-state index contributed by atoms with van der Waals surface area (Å²) in [4.78, 5) is 14.1. The predicted octanol–water partition coefficient (Wildman–Crippen LogP) is 4.16. The molecule has 1 aliphatic heterocycles. The Kier molecular flexibility index (Phi) is 7.86. The van der Waals surface area contributed by atoms with Crippen molar-refractivity contribution in [2.75, 3.05) is 62.1 Å². The molecule has 4 aromatic rings. The van der Waals surface area contributed by atoms with Crippen LogP contribution in [0.4, 0.5) is 23.0 Å². The summed E-state index contributed by atoms with van der Waals surface area (Å²) in [6.45, 7) is 2.52. The lowest BCUT2D eigenvalue weighted by Gasteiger charge is -2.36. The lowest BCUT2D eigenvalue weighted by Crippen LogP contribution is -2.41. The summed E-state index contributed by atoms with van der Waals surface area (Å²) in [6, 6.07) is 16.4. The summed E-state index contributed by atoms with van der Waals surface area (Å²) < 4.78 is 33.2. The Labute approximate surface area is 236 Å². The van der Waals surface area contributed by atoms with Gasteiger partial charge in [-0.15, -0.1) is 0 Å². The molecule has 0 unspecified atom stereocenters. The zero-order valence-electron chi connectivity index (χ0n) is 23.7. The van der Waals surface area contributed by atoms with Crippen molar-refractivity contribution >= 4 is 44.1 Å². The van der Waals surface area contributed by atoms with Gasteiger partial charge < -0.3 is 24.4 Å². The molecular weight excluding hydrogens is 526 g/mol.